The molecule has 0 bridgehead atoms. The van der Waals surface area contributed by atoms with Crippen molar-refractivity contribution in [3.8, 4) is 11.1 Å². The summed E-state index contributed by atoms with van der Waals surface area (Å²) >= 11 is 11.9. The van der Waals surface area contributed by atoms with E-state index >= 15 is 0 Å². The van der Waals surface area contributed by atoms with E-state index < -0.39 is 11.9 Å². The molecule has 28 heavy (non-hydrogen) atoms. The molecule has 0 saturated carbocycles. The summed E-state index contributed by atoms with van der Waals surface area (Å²) in [5, 5.41) is 0.396. The van der Waals surface area contributed by atoms with Crippen molar-refractivity contribution < 1.29 is 13.2 Å². The molecule has 10 heteroatoms. The number of nitrogen functional groups attached to an aromatic ring is 1. The van der Waals surface area contributed by atoms with Crippen molar-refractivity contribution in [2.75, 3.05) is 36.8 Å². The number of halogens is 5. The van der Waals surface area contributed by atoms with Crippen LogP contribution in [0.3, 0.4) is 0 Å². The summed E-state index contributed by atoms with van der Waals surface area (Å²) in [4.78, 5) is 12.0. The summed E-state index contributed by atoms with van der Waals surface area (Å²) in [5.74, 6) is -0.285. The van der Waals surface area contributed by atoms with E-state index in [0.717, 1.165) is 0 Å². The van der Waals surface area contributed by atoms with Gasteiger partial charge < -0.3 is 10.6 Å². The van der Waals surface area contributed by atoms with Crippen molar-refractivity contribution in [2.24, 2.45) is 0 Å². The van der Waals surface area contributed by atoms with E-state index in [1.54, 1.807) is 4.90 Å². The summed E-state index contributed by atoms with van der Waals surface area (Å²) in [6, 6.07) is 4.52. The first-order valence-corrected chi connectivity index (χ1v) is 9.52. The predicted octanol–water partition coefficient (Wildman–Crippen LogP) is 4.58. The summed E-state index contributed by atoms with van der Waals surface area (Å²) in [7, 11) is 0. The quantitative estimate of drug-likeness (QED) is 0.767. The van der Waals surface area contributed by atoms with Crippen molar-refractivity contribution in [3.63, 3.8) is 0 Å². The molecule has 0 unspecified atom stereocenters. The van der Waals surface area contributed by atoms with Gasteiger partial charge in [0.1, 0.15) is 5.82 Å². The average Bonchev–Trinajstić information content (AvgIpc) is 2.59. The second-order valence-corrected chi connectivity index (χ2v) is 7.78. The average molecular weight is 434 g/mol. The van der Waals surface area contributed by atoms with Gasteiger partial charge in [0.05, 0.1) is 5.56 Å². The SMILES string of the molecule is CC(C)N1CCN(c2nc(N)c(-c3cc(Cl)cc(Cl)c3)c(C(F)(F)F)n2)CC1. The molecule has 0 spiro atoms. The van der Waals surface area contributed by atoms with Crippen LogP contribution in [0.2, 0.25) is 10.0 Å². The molecule has 1 aliphatic heterocycles. The van der Waals surface area contributed by atoms with Crippen LogP contribution in [0, 0.1) is 0 Å². The molecule has 2 aromatic rings. The molecule has 0 atom stereocenters. The normalized spacial score (nSPS) is 16.1. The summed E-state index contributed by atoms with van der Waals surface area (Å²) in [6.45, 7) is 6.64. The molecule has 0 radical (unpaired) electrons. The Hall–Kier alpha value is -1.77. The maximum absolute atomic E-state index is 13.8. The van der Waals surface area contributed by atoms with Gasteiger partial charge in [-0.15, -0.1) is 0 Å². The van der Waals surface area contributed by atoms with E-state index in [4.69, 9.17) is 28.9 Å². The predicted molar refractivity (Wildman–Crippen MR) is 106 cm³/mol. The number of hydrogen-bond acceptors (Lipinski definition) is 5. The van der Waals surface area contributed by atoms with E-state index in [2.05, 4.69) is 28.7 Å². The van der Waals surface area contributed by atoms with Gasteiger partial charge in [-0.2, -0.15) is 18.2 Å². The molecule has 152 valence electrons. The van der Waals surface area contributed by atoms with Gasteiger partial charge >= 0.3 is 6.18 Å². The number of benzene rings is 1. The third-order valence-electron chi connectivity index (χ3n) is 4.67. The molecule has 0 amide bonds. The van der Waals surface area contributed by atoms with E-state index in [1.807, 2.05) is 0 Å². The number of piperazine rings is 1. The van der Waals surface area contributed by atoms with Gasteiger partial charge in [-0.3, -0.25) is 4.90 Å². The Labute approximate surface area is 171 Å². The second kappa shape index (κ2) is 7.93. The number of anilines is 2. The molecule has 1 aromatic heterocycles. The molecular formula is C18H20Cl2F3N5. The fourth-order valence-corrected chi connectivity index (χ4v) is 3.76. The smallest absolute Gasteiger partial charge is 0.383 e. The van der Waals surface area contributed by atoms with Gasteiger partial charge in [-0.25, -0.2) is 4.98 Å². The number of nitrogens with zero attached hydrogens (tertiary/aromatic N) is 4. The Morgan fingerprint density at radius 3 is 2.07 bits per heavy atom. The highest BCUT2D eigenvalue weighted by atomic mass is 35.5. The van der Waals surface area contributed by atoms with Crippen molar-refractivity contribution >= 4 is 35.0 Å². The highest BCUT2D eigenvalue weighted by molar-refractivity contribution is 6.35. The fourth-order valence-electron chi connectivity index (χ4n) is 3.23. The van der Waals surface area contributed by atoms with Crippen LogP contribution >= 0.6 is 23.2 Å². The highest BCUT2D eigenvalue weighted by Crippen LogP contribution is 2.41. The van der Waals surface area contributed by atoms with Gasteiger partial charge in [0.15, 0.2) is 5.69 Å². The molecule has 1 fully saturated rings. The molecule has 5 nitrogen and oxygen atoms in total. The van der Waals surface area contributed by atoms with Gasteiger partial charge in [0.2, 0.25) is 5.95 Å². The van der Waals surface area contributed by atoms with Crippen molar-refractivity contribution in [2.45, 2.75) is 26.1 Å². The van der Waals surface area contributed by atoms with E-state index in [9.17, 15) is 13.2 Å². The van der Waals surface area contributed by atoms with Crippen molar-refractivity contribution in [3.05, 3.63) is 33.9 Å². The highest BCUT2D eigenvalue weighted by Gasteiger charge is 2.38. The zero-order valence-corrected chi connectivity index (χ0v) is 16.9. The number of alkyl halides is 3. The minimum atomic E-state index is -4.71. The van der Waals surface area contributed by atoms with Crippen LogP contribution < -0.4 is 10.6 Å². The number of aromatic nitrogens is 2. The first kappa shape index (κ1) is 21.0. The first-order chi connectivity index (χ1) is 13.1. The zero-order chi connectivity index (χ0) is 20.6. The topological polar surface area (TPSA) is 58.3 Å². The lowest BCUT2D eigenvalue weighted by Crippen LogP contribution is -2.49. The van der Waals surface area contributed by atoms with Crippen LogP contribution in [0.1, 0.15) is 19.5 Å². The van der Waals surface area contributed by atoms with Crippen LogP contribution in [-0.4, -0.2) is 47.1 Å². The Balaban J connectivity index is 2.04. The molecule has 1 aromatic carbocycles. The molecule has 1 aliphatic rings. The van der Waals surface area contributed by atoms with Gasteiger partial charge in [-0.1, -0.05) is 23.2 Å². The van der Waals surface area contributed by atoms with Gasteiger partial charge in [0.25, 0.3) is 0 Å². The summed E-state index contributed by atoms with van der Waals surface area (Å²) < 4.78 is 41.4. The van der Waals surface area contributed by atoms with E-state index in [0.29, 0.717) is 32.2 Å². The minimum absolute atomic E-state index is 0.0230. The monoisotopic (exact) mass is 433 g/mol. The maximum Gasteiger partial charge on any atom is 0.434 e. The molecule has 0 aliphatic carbocycles. The maximum atomic E-state index is 13.8. The molecule has 2 heterocycles. The zero-order valence-electron chi connectivity index (χ0n) is 15.4. The van der Waals surface area contributed by atoms with Crippen molar-refractivity contribution in [1.82, 2.24) is 14.9 Å². The summed E-state index contributed by atoms with van der Waals surface area (Å²) in [6.07, 6.45) is -4.71. The van der Waals surface area contributed by atoms with Crippen LogP contribution in [0.5, 0.6) is 0 Å². The van der Waals surface area contributed by atoms with Crippen LogP contribution in [0.25, 0.3) is 11.1 Å². The molecule has 1 saturated heterocycles. The van der Waals surface area contributed by atoms with Crippen LogP contribution in [0.4, 0.5) is 24.9 Å². The number of hydrogen-bond donors (Lipinski definition) is 1. The molecular weight excluding hydrogens is 414 g/mol. The van der Waals surface area contributed by atoms with E-state index in [1.165, 1.54) is 18.2 Å². The van der Waals surface area contributed by atoms with Gasteiger partial charge in [0, 0.05) is 42.3 Å². The Morgan fingerprint density at radius 1 is 1.00 bits per heavy atom. The Morgan fingerprint density at radius 2 is 1.57 bits per heavy atom. The minimum Gasteiger partial charge on any atom is -0.383 e. The van der Waals surface area contributed by atoms with Crippen LogP contribution in [0.15, 0.2) is 18.2 Å². The molecule has 3 rings (SSSR count). The number of nitrogens with two attached hydrogens (primary N) is 1. The molecule has 2 N–H and O–H groups in total. The third-order valence-corrected chi connectivity index (χ3v) is 5.11. The summed E-state index contributed by atoms with van der Waals surface area (Å²) in [5.41, 5.74) is 4.67. The largest absolute Gasteiger partial charge is 0.434 e. The fraction of sp³-hybridized carbons (Fsp3) is 0.444. The Kier molecular flexibility index (Phi) is 5.93. The lowest BCUT2D eigenvalue weighted by Gasteiger charge is -2.37. The van der Waals surface area contributed by atoms with Crippen LogP contribution in [-0.2, 0) is 6.18 Å². The second-order valence-electron chi connectivity index (χ2n) is 6.91. The lowest BCUT2D eigenvalue weighted by atomic mass is 10.0. The van der Waals surface area contributed by atoms with E-state index in [-0.39, 0.29) is 32.9 Å². The van der Waals surface area contributed by atoms with Crippen molar-refractivity contribution in [1.29, 1.82) is 0 Å². The number of rotatable bonds is 3. The Bertz CT molecular complexity index is 845. The van der Waals surface area contributed by atoms with Gasteiger partial charge in [-0.05, 0) is 37.6 Å². The lowest BCUT2D eigenvalue weighted by molar-refractivity contribution is -0.140. The standard InChI is InChI=1S/C18H20Cl2F3N5/c1-10(2)27-3-5-28(6-4-27)17-25-15(18(21,22)23)14(16(24)26-17)11-7-12(19)9-13(20)8-11/h7-10H,3-6H2,1-2H3,(H2,24,25,26). The first-order valence-electron chi connectivity index (χ1n) is 8.76. The third kappa shape index (κ3) is 4.45.